The summed E-state index contributed by atoms with van der Waals surface area (Å²) in [4.78, 5) is 25.9. The first kappa shape index (κ1) is 19.4. The molecule has 5 rings (SSSR count). The van der Waals surface area contributed by atoms with Crippen LogP contribution in [0.4, 0.5) is 0 Å². The van der Waals surface area contributed by atoms with Gasteiger partial charge in [-0.1, -0.05) is 24.3 Å². The molecule has 0 radical (unpaired) electrons. The van der Waals surface area contributed by atoms with E-state index in [2.05, 4.69) is 34.2 Å². The molecule has 1 aliphatic carbocycles. The molecule has 0 saturated heterocycles. The van der Waals surface area contributed by atoms with E-state index in [9.17, 15) is 4.79 Å². The Morgan fingerprint density at radius 2 is 2.00 bits per heavy atom. The maximum absolute atomic E-state index is 12.3. The second-order valence-corrected chi connectivity index (χ2v) is 8.02. The number of aromatic nitrogens is 4. The molecule has 0 N–H and O–H groups in total. The highest BCUT2D eigenvalue weighted by molar-refractivity contribution is 5.78. The average molecular weight is 412 g/mol. The van der Waals surface area contributed by atoms with E-state index in [4.69, 9.17) is 9.72 Å². The van der Waals surface area contributed by atoms with Crippen LogP contribution in [-0.4, -0.2) is 26.1 Å². The van der Waals surface area contributed by atoms with Crippen molar-refractivity contribution in [2.75, 3.05) is 6.61 Å². The van der Waals surface area contributed by atoms with E-state index < -0.39 is 0 Å². The minimum Gasteiger partial charge on any atom is -0.477 e. The number of ether oxygens (including phenoxy) is 1. The Kier molecular flexibility index (Phi) is 4.98. The largest absolute Gasteiger partial charge is 0.477 e. The molecule has 6 heteroatoms. The number of hydrogen-bond acceptors (Lipinski definition) is 5. The molecular weight excluding hydrogens is 388 g/mol. The Bertz CT molecular complexity index is 1310. The molecule has 1 fully saturated rings. The predicted molar refractivity (Wildman–Crippen MR) is 120 cm³/mol. The first-order chi connectivity index (χ1) is 15.1. The molecule has 0 aliphatic heterocycles. The van der Waals surface area contributed by atoms with E-state index in [0.717, 1.165) is 34.1 Å². The molecule has 6 nitrogen and oxygen atoms in total. The van der Waals surface area contributed by atoms with Gasteiger partial charge < -0.3 is 9.30 Å². The van der Waals surface area contributed by atoms with Gasteiger partial charge in [0.25, 0.3) is 5.56 Å². The summed E-state index contributed by atoms with van der Waals surface area (Å²) in [6.07, 6.45) is 4.58. The number of rotatable bonds is 6. The highest BCUT2D eigenvalue weighted by atomic mass is 16.5. The van der Waals surface area contributed by atoms with Gasteiger partial charge >= 0.3 is 0 Å². The lowest BCUT2D eigenvalue weighted by Gasteiger charge is -2.11. The zero-order valence-corrected chi connectivity index (χ0v) is 17.7. The Morgan fingerprint density at radius 1 is 1.13 bits per heavy atom. The SMILES string of the molecule is CCn1ccc(-c2cnc(C)nc2OC[C@H]2C[C@@H]2c2ccc3ccccc3n2)cc1=O. The third kappa shape index (κ3) is 3.93. The third-order valence-electron chi connectivity index (χ3n) is 5.88. The van der Waals surface area contributed by atoms with Crippen LogP contribution in [0.25, 0.3) is 22.0 Å². The van der Waals surface area contributed by atoms with Crippen LogP contribution >= 0.6 is 0 Å². The number of fused-ring (bicyclic) bond motifs is 1. The maximum Gasteiger partial charge on any atom is 0.251 e. The van der Waals surface area contributed by atoms with Crippen molar-refractivity contribution in [1.29, 1.82) is 0 Å². The van der Waals surface area contributed by atoms with Gasteiger partial charge in [0.15, 0.2) is 0 Å². The lowest BCUT2D eigenvalue weighted by Crippen LogP contribution is -2.17. The van der Waals surface area contributed by atoms with Crippen molar-refractivity contribution >= 4 is 10.9 Å². The monoisotopic (exact) mass is 412 g/mol. The molecule has 1 aromatic carbocycles. The summed E-state index contributed by atoms with van der Waals surface area (Å²) in [7, 11) is 0. The lowest BCUT2D eigenvalue weighted by atomic mass is 10.1. The zero-order valence-electron chi connectivity index (χ0n) is 17.7. The van der Waals surface area contributed by atoms with Gasteiger partial charge in [-0.2, -0.15) is 4.98 Å². The Labute approximate surface area is 180 Å². The molecule has 0 amide bonds. The molecule has 1 aliphatic rings. The van der Waals surface area contributed by atoms with E-state index in [0.29, 0.717) is 36.7 Å². The summed E-state index contributed by atoms with van der Waals surface area (Å²) >= 11 is 0. The molecule has 3 aromatic heterocycles. The summed E-state index contributed by atoms with van der Waals surface area (Å²) in [6, 6.07) is 16.0. The smallest absolute Gasteiger partial charge is 0.251 e. The summed E-state index contributed by atoms with van der Waals surface area (Å²) in [6.45, 7) is 4.99. The lowest BCUT2D eigenvalue weighted by molar-refractivity contribution is 0.285. The minimum absolute atomic E-state index is 0.0452. The Morgan fingerprint density at radius 3 is 2.84 bits per heavy atom. The highest BCUT2D eigenvalue weighted by Gasteiger charge is 2.40. The van der Waals surface area contributed by atoms with Crippen molar-refractivity contribution in [1.82, 2.24) is 19.5 Å². The fourth-order valence-corrected chi connectivity index (χ4v) is 3.96. The van der Waals surface area contributed by atoms with E-state index in [-0.39, 0.29) is 5.56 Å². The number of para-hydroxylation sites is 1. The molecule has 0 unspecified atom stereocenters. The molecule has 156 valence electrons. The Balaban J connectivity index is 1.33. The summed E-state index contributed by atoms with van der Waals surface area (Å²) in [5.74, 6) is 1.98. The topological polar surface area (TPSA) is 69.9 Å². The number of benzene rings is 1. The van der Waals surface area contributed by atoms with Crippen LogP contribution in [0.15, 0.2) is 65.7 Å². The third-order valence-corrected chi connectivity index (χ3v) is 5.88. The van der Waals surface area contributed by atoms with E-state index >= 15 is 0 Å². The van der Waals surface area contributed by atoms with Gasteiger partial charge in [-0.15, -0.1) is 0 Å². The van der Waals surface area contributed by atoms with Crippen LogP contribution in [0.2, 0.25) is 0 Å². The van der Waals surface area contributed by atoms with Gasteiger partial charge in [0.1, 0.15) is 5.82 Å². The standard InChI is InChI=1S/C25H24N4O2/c1-3-29-11-10-18(13-24(29)30)21-14-26-16(2)27-25(21)31-15-19-12-20(19)23-9-8-17-6-4-5-7-22(17)28-23/h4-11,13-14,19-20H,3,12,15H2,1-2H3/t19-,20+/m1/s1. The van der Waals surface area contributed by atoms with Crippen LogP contribution < -0.4 is 10.3 Å². The van der Waals surface area contributed by atoms with E-state index in [1.54, 1.807) is 23.0 Å². The normalized spacial score (nSPS) is 17.6. The van der Waals surface area contributed by atoms with Gasteiger partial charge in [-0.25, -0.2) is 4.98 Å². The zero-order chi connectivity index (χ0) is 21.4. The van der Waals surface area contributed by atoms with Crippen LogP contribution in [-0.2, 0) is 6.54 Å². The van der Waals surface area contributed by atoms with Crippen molar-refractivity contribution in [2.24, 2.45) is 5.92 Å². The fraction of sp³-hybridized carbons (Fsp3) is 0.280. The van der Waals surface area contributed by atoms with Gasteiger partial charge in [-0.3, -0.25) is 9.78 Å². The molecule has 31 heavy (non-hydrogen) atoms. The van der Waals surface area contributed by atoms with Crippen molar-refractivity contribution in [3.63, 3.8) is 0 Å². The first-order valence-corrected chi connectivity index (χ1v) is 10.7. The van der Waals surface area contributed by atoms with Crippen molar-refractivity contribution in [2.45, 2.75) is 32.7 Å². The second-order valence-electron chi connectivity index (χ2n) is 8.02. The minimum atomic E-state index is -0.0452. The number of aryl methyl sites for hydroxylation is 2. The average Bonchev–Trinajstić information content (AvgIpc) is 3.57. The fourth-order valence-electron chi connectivity index (χ4n) is 3.96. The quantitative estimate of drug-likeness (QED) is 0.470. The van der Waals surface area contributed by atoms with Gasteiger partial charge in [-0.05, 0) is 44.0 Å². The highest BCUT2D eigenvalue weighted by Crippen LogP contribution is 2.47. The van der Waals surface area contributed by atoms with Gasteiger partial charge in [0.05, 0.1) is 17.7 Å². The van der Waals surface area contributed by atoms with Crippen LogP contribution in [0.5, 0.6) is 5.88 Å². The van der Waals surface area contributed by atoms with Crippen LogP contribution in [0, 0.1) is 12.8 Å². The maximum atomic E-state index is 12.3. The second kappa shape index (κ2) is 7.95. The van der Waals surface area contributed by atoms with Crippen molar-refractivity contribution < 1.29 is 4.74 Å². The van der Waals surface area contributed by atoms with Crippen molar-refractivity contribution in [3.8, 4) is 17.0 Å². The number of hydrogen-bond donors (Lipinski definition) is 0. The van der Waals surface area contributed by atoms with E-state index in [1.807, 2.05) is 32.0 Å². The molecule has 1 saturated carbocycles. The van der Waals surface area contributed by atoms with Crippen molar-refractivity contribution in [3.05, 3.63) is 82.8 Å². The summed E-state index contributed by atoms with van der Waals surface area (Å²) in [5.41, 5.74) is 3.62. The molecule has 0 spiro atoms. The van der Waals surface area contributed by atoms with Crippen LogP contribution in [0.3, 0.4) is 0 Å². The van der Waals surface area contributed by atoms with Gasteiger partial charge in [0.2, 0.25) is 5.88 Å². The summed E-state index contributed by atoms with van der Waals surface area (Å²) in [5, 5.41) is 1.16. The Hall–Kier alpha value is -3.54. The van der Waals surface area contributed by atoms with Crippen LogP contribution in [0.1, 0.15) is 30.8 Å². The molecule has 0 bridgehead atoms. The van der Waals surface area contributed by atoms with Gasteiger partial charge in [0, 0.05) is 47.9 Å². The number of nitrogens with zero attached hydrogens (tertiary/aromatic N) is 4. The first-order valence-electron chi connectivity index (χ1n) is 10.7. The molecule has 2 atom stereocenters. The molecular formula is C25H24N4O2. The summed E-state index contributed by atoms with van der Waals surface area (Å²) < 4.78 is 7.80. The molecule has 4 aromatic rings. The molecule has 3 heterocycles. The number of pyridine rings is 2. The predicted octanol–water partition coefficient (Wildman–Crippen LogP) is 4.36. The van der Waals surface area contributed by atoms with E-state index in [1.165, 1.54) is 0 Å².